The summed E-state index contributed by atoms with van der Waals surface area (Å²) in [6, 6.07) is 16.1. The molecule has 1 heterocycles. The summed E-state index contributed by atoms with van der Waals surface area (Å²) in [5.74, 6) is 0. The second kappa shape index (κ2) is 6.62. The average Bonchev–Trinajstić information content (AvgIpc) is 2.97. The van der Waals surface area contributed by atoms with Gasteiger partial charge in [-0.05, 0) is 29.2 Å². The molecule has 114 valence electrons. The number of fused-ring (bicyclic) bond motifs is 1. The zero-order valence-electron chi connectivity index (χ0n) is 12.7. The highest BCUT2D eigenvalue weighted by atomic mass is 16.5. The minimum absolute atomic E-state index is 0.0397. The third-order valence-corrected chi connectivity index (χ3v) is 3.88. The van der Waals surface area contributed by atoms with Crippen LogP contribution >= 0.6 is 0 Å². The fourth-order valence-electron chi connectivity index (χ4n) is 2.82. The zero-order chi connectivity index (χ0) is 15.4. The van der Waals surface area contributed by atoms with Crippen LogP contribution in [-0.2, 0) is 24.3 Å². The maximum absolute atomic E-state index is 12.4. The third kappa shape index (κ3) is 3.12. The van der Waals surface area contributed by atoms with E-state index < -0.39 is 0 Å². The van der Waals surface area contributed by atoms with Gasteiger partial charge < -0.3 is 10.1 Å². The van der Waals surface area contributed by atoms with E-state index in [4.69, 9.17) is 4.74 Å². The van der Waals surface area contributed by atoms with Gasteiger partial charge >= 0.3 is 6.03 Å². The van der Waals surface area contributed by atoms with Gasteiger partial charge in [-0.25, -0.2) is 4.79 Å². The Kier molecular flexibility index (Phi) is 4.39. The zero-order valence-corrected chi connectivity index (χ0v) is 12.7. The Morgan fingerprint density at radius 2 is 2.00 bits per heavy atom. The number of amides is 2. The monoisotopic (exact) mass is 296 g/mol. The molecule has 22 heavy (non-hydrogen) atoms. The van der Waals surface area contributed by atoms with E-state index in [0.717, 1.165) is 29.8 Å². The molecule has 0 aliphatic carbocycles. The Bertz CT molecular complexity index is 670. The normalized spacial score (nSPS) is 13.0. The summed E-state index contributed by atoms with van der Waals surface area (Å²) in [4.78, 5) is 14.2. The predicted molar refractivity (Wildman–Crippen MR) is 86.9 cm³/mol. The van der Waals surface area contributed by atoms with Crippen LogP contribution in [0.3, 0.4) is 0 Å². The molecule has 1 aliphatic heterocycles. The van der Waals surface area contributed by atoms with Crippen LogP contribution in [0.1, 0.15) is 16.7 Å². The number of nitrogens with zero attached hydrogens (tertiary/aromatic N) is 1. The van der Waals surface area contributed by atoms with Crippen molar-refractivity contribution in [3.63, 3.8) is 0 Å². The van der Waals surface area contributed by atoms with Gasteiger partial charge in [-0.2, -0.15) is 0 Å². The standard InChI is InChI=1S/C18H20N2O2/c1-22-13-15-6-4-5-14(11-15)12-19-18(21)20-10-9-16-7-2-3-8-17(16)20/h2-8,11H,9-10,12-13H2,1H3,(H,19,21). The molecular formula is C18H20N2O2. The van der Waals surface area contributed by atoms with Crippen LogP contribution < -0.4 is 10.2 Å². The lowest BCUT2D eigenvalue weighted by Crippen LogP contribution is -2.38. The van der Waals surface area contributed by atoms with Crippen LogP contribution in [0.15, 0.2) is 48.5 Å². The Hall–Kier alpha value is -2.33. The fraction of sp³-hybridized carbons (Fsp3) is 0.278. The van der Waals surface area contributed by atoms with E-state index in [1.807, 2.05) is 41.3 Å². The summed E-state index contributed by atoms with van der Waals surface area (Å²) in [5, 5.41) is 3.00. The maximum atomic E-state index is 12.4. The quantitative estimate of drug-likeness (QED) is 0.942. The van der Waals surface area contributed by atoms with Gasteiger partial charge in [0.15, 0.2) is 0 Å². The molecule has 0 unspecified atom stereocenters. The van der Waals surface area contributed by atoms with Crippen LogP contribution in [0, 0.1) is 0 Å². The number of hydrogen-bond donors (Lipinski definition) is 1. The first-order valence-corrected chi connectivity index (χ1v) is 7.48. The molecule has 0 bridgehead atoms. The second-order valence-corrected chi connectivity index (χ2v) is 5.44. The number of carbonyl (C=O) groups excluding carboxylic acids is 1. The highest BCUT2D eigenvalue weighted by Gasteiger charge is 2.23. The van der Waals surface area contributed by atoms with E-state index in [2.05, 4.69) is 17.4 Å². The number of ether oxygens (including phenoxy) is 1. The molecular weight excluding hydrogens is 276 g/mol. The van der Waals surface area contributed by atoms with Crippen LogP contribution in [0.2, 0.25) is 0 Å². The van der Waals surface area contributed by atoms with E-state index >= 15 is 0 Å². The van der Waals surface area contributed by atoms with Crippen molar-refractivity contribution in [3.8, 4) is 0 Å². The fourth-order valence-corrected chi connectivity index (χ4v) is 2.82. The smallest absolute Gasteiger partial charge is 0.322 e. The average molecular weight is 296 g/mol. The van der Waals surface area contributed by atoms with Crippen molar-refractivity contribution in [3.05, 3.63) is 65.2 Å². The molecule has 0 radical (unpaired) electrons. The van der Waals surface area contributed by atoms with Crippen molar-refractivity contribution in [2.24, 2.45) is 0 Å². The highest BCUT2D eigenvalue weighted by molar-refractivity contribution is 5.94. The first kappa shape index (κ1) is 14.6. The first-order valence-electron chi connectivity index (χ1n) is 7.48. The Morgan fingerprint density at radius 3 is 2.86 bits per heavy atom. The predicted octanol–water partition coefficient (Wildman–Crippen LogP) is 3.11. The van der Waals surface area contributed by atoms with Gasteiger partial charge in [0.2, 0.25) is 0 Å². The van der Waals surface area contributed by atoms with Crippen LogP contribution in [0.4, 0.5) is 10.5 Å². The molecule has 2 aromatic rings. The van der Waals surface area contributed by atoms with Crippen molar-refractivity contribution in [1.29, 1.82) is 0 Å². The summed E-state index contributed by atoms with van der Waals surface area (Å²) in [5.41, 5.74) is 4.45. The third-order valence-electron chi connectivity index (χ3n) is 3.88. The van der Waals surface area contributed by atoms with E-state index in [0.29, 0.717) is 13.2 Å². The van der Waals surface area contributed by atoms with Crippen molar-refractivity contribution in [2.45, 2.75) is 19.6 Å². The first-order chi connectivity index (χ1) is 10.8. The molecule has 1 N–H and O–H groups in total. The SMILES string of the molecule is COCc1cccc(CNC(=O)N2CCc3ccccc32)c1. The molecule has 0 fully saturated rings. The number of para-hydroxylation sites is 1. The van der Waals surface area contributed by atoms with Gasteiger partial charge in [0, 0.05) is 25.9 Å². The van der Waals surface area contributed by atoms with Crippen LogP contribution in [0.5, 0.6) is 0 Å². The van der Waals surface area contributed by atoms with Crippen LogP contribution in [0.25, 0.3) is 0 Å². The second-order valence-electron chi connectivity index (χ2n) is 5.44. The largest absolute Gasteiger partial charge is 0.380 e. The van der Waals surface area contributed by atoms with Gasteiger partial charge in [-0.1, -0.05) is 42.5 Å². The van der Waals surface area contributed by atoms with E-state index in [-0.39, 0.29) is 6.03 Å². The van der Waals surface area contributed by atoms with Crippen LogP contribution in [-0.4, -0.2) is 19.7 Å². The van der Waals surface area contributed by atoms with E-state index in [1.54, 1.807) is 7.11 Å². The Morgan fingerprint density at radius 1 is 1.18 bits per heavy atom. The lowest BCUT2D eigenvalue weighted by atomic mass is 10.1. The molecule has 0 saturated heterocycles. The highest BCUT2D eigenvalue weighted by Crippen LogP contribution is 2.27. The minimum atomic E-state index is -0.0397. The summed E-state index contributed by atoms with van der Waals surface area (Å²) in [6.45, 7) is 1.85. The number of carbonyl (C=O) groups is 1. The lowest BCUT2D eigenvalue weighted by molar-refractivity contribution is 0.185. The maximum Gasteiger partial charge on any atom is 0.322 e. The van der Waals surface area contributed by atoms with Crippen molar-refractivity contribution >= 4 is 11.7 Å². The molecule has 4 nitrogen and oxygen atoms in total. The number of anilines is 1. The molecule has 0 aromatic heterocycles. The number of nitrogens with one attached hydrogen (secondary N) is 1. The van der Waals surface area contributed by atoms with Gasteiger partial charge in [-0.15, -0.1) is 0 Å². The van der Waals surface area contributed by atoms with Gasteiger partial charge in [0.05, 0.1) is 6.61 Å². The number of methoxy groups -OCH3 is 1. The molecule has 0 spiro atoms. The van der Waals surface area contributed by atoms with Gasteiger partial charge in [0.25, 0.3) is 0 Å². The minimum Gasteiger partial charge on any atom is -0.380 e. The molecule has 2 amide bonds. The van der Waals surface area contributed by atoms with Crippen molar-refractivity contribution in [1.82, 2.24) is 5.32 Å². The number of rotatable bonds is 4. The van der Waals surface area contributed by atoms with E-state index in [9.17, 15) is 4.79 Å². The number of hydrogen-bond acceptors (Lipinski definition) is 2. The summed E-state index contributed by atoms with van der Waals surface area (Å²) in [6.07, 6.45) is 0.924. The lowest BCUT2D eigenvalue weighted by Gasteiger charge is -2.18. The molecule has 4 heteroatoms. The van der Waals surface area contributed by atoms with E-state index in [1.165, 1.54) is 5.56 Å². The molecule has 0 atom stereocenters. The summed E-state index contributed by atoms with van der Waals surface area (Å²) < 4.78 is 5.13. The van der Waals surface area contributed by atoms with Crippen molar-refractivity contribution in [2.75, 3.05) is 18.6 Å². The molecule has 0 saturated carbocycles. The molecule has 1 aliphatic rings. The van der Waals surface area contributed by atoms with Crippen molar-refractivity contribution < 1.29 is 9.53 Å². The summed E-state index contributed by atoms with van der Waals surface area (Å²) in [7, 11) is 1.68. The molecule has 2 aromatic carbocycles. The topological polar surface area (TPSA) is 41.6 Å². The molecule has 3 rings (SSSR count). The number of benzene rings is 2. The summed E-state index contributed by atoms with van der Waals surface area (Å²) >= 11 is 0. The number of urea groups is 1. The Balaban J connectivity index is 1.62. The van der Waals surface area contributed by atoms with Gasteiger partial charge in [0.1, 0.15) is 0 Å². The Labute approximate surface area is 130 Å². The van der Waals surface area contributed by atoms with Gasteiger partial charge in [-0.3, -0.25) is 4.90 Å².